The predicted molar refractivity (Wildman–Crippen MR) is 61.8 cm³/mol. The van der Waals surface area contributed by atoms with Gasteiger partial charge in [-0.25, -0.2) is 8.78 Å². The Morgan fingerprint density at radius 1 is 1.56 bits per heavy atom. The van der Waals surface area contributed by atoms with Crippen LogP contribution in [0.2, 0.25) is 0 Å². The van der Waals surface area contributed by atoms with Crippen molar-refractivity contribution in [3.8, 4) is 0 Å². The topological polar surface area (TPSA) is 91.2 Å². The van der Waals surface area contributed by atoms with Crippen LogP contribution in [0.4, 0.5) is 14.5 Å². The first-order chi connectivity index (χ1) is 8.49. The third kappa shape index (κ3) is 3.36. The lowest BCUT2D eigenvalue weighted by atomic mass is 10.1. The van der Waals surface area contributed by atoms with Crippen LogP contribution in [0.15, 0.2) is 6.07 Å². The van der Waals surface area contributed by atoms with Gasteiger partial charge >= 0.3 is 5.97 Å². The van der Waals surface area contributed by atoms with Crippen molar-refractivity contribution >= 4 is 11.7 Å². The van der Waals surface area contributed by atoms with Crippen LogP contribution in [0, 0.1) is 0 Å². The first-order valence-electron chi connectivity index (χ1n) is 5.41. The van der Waals surface area contributed by atoms with Gasteiger partial charge in [0, 0.05) is 17.8 Å². The Morgan fingerprint density at radius 2 is 2.22 bits per heavy atom. The quantitative estimate of drug-likeness (QED) is 0.774. The van der Waals surface area contributed by atoms with Crippen LogP contribution in [0.5, 0.6) is 0 Å². The van der Waals surface area contributed by atoms with Crippen LogP contribution in [0.25, 0.3) is 0 Å². The van der Waals surface area contributed by atoms with Crippen molar-refractivity contribution in [1.82, 2.24) is 4.98 Å². The second-order valence-corrected chi connectivity index (χ2v) is 3.55. The third-order valence-electron chi connectivity index (χ3n) is 2.29. The molecule has 0 aliphatic heterocycles. The fraction of sp³-hybridized carbons (Fsp3) is 0.455. The van der Waals surface area contributed by atoms with Gasteiger partial charge in [0.05, 0.1) is 18.7 Å². The molecule has 0 aliphatic rings. The molecular weight excluding hydrogens is 244 g/mol. The first-order valence-corrected chi connectivity index (χ1v) is 5.41. The SMILES string of the molecule is CCOC(=O)Cc1c(N)cc(CN)nc1C(F)F. The molecule has 0 saturated heterocycles. The molecule has 1 rings (SSSR count). The van der Waals surface area contributed by atoms with Crippen molar-refractivity contribution in [3.05, 3.63) is 23.0 Å². The smallest absolute Gasteiger partial charge is 0.310 e. The number of nitrogens with two attached hydrogens (primary N) is 2. The van der Waals surface area contributed by atoms with Crippen LogP contribution >= 0.6 is 0 Å². The lowest BCUT2D eigenvalue weighted by molar-refractivity contribution is -0.142. The largest absolute Gasteiger partial charge is 0.466 e. The number of ether oxygens (including phenoxy) is 1. The fourth-order valence-electron chi connectivity index (χ4n) is 1.50. The minimum Gasteiger partial charge on any atom is -0.466 e. The number of halogens is 2. The Balaban J connectivity index is 3.12. The summed E-state index contributed by atoms with van der Waals surface area (Å²) in [6.07, 6.45) is -3.14. The summed E-state index contributed by atoms with van der Waals surface area (Å²) >= 11 is 0. The maximum absolute atomic E-state index is 12.8. The van der Waals surface area contributed by atoms with Crippen molar-refractivity contribution in [2.24, 2.45) is 5.73 Å². The number of alkyl halides is 2. The highest BCUT2D eigenvalue weighted by molar-refractivity contribution is 5.75. The van der Waals surface area contributed by atoms with Crippen LogP contribution in [-0.4, -0.2) is 17.6 Å². The summed E-state index contributed by atoms with van der Waals surface area (Å²) in [5, 5.41) is 0. The monoisotopic (exact) mass is 259 g/mol. The standard InChI is InChI=1S/C11H15F2N3O2/c1-2-18-9(17)4-7-8(15)3-6(5-14)16-10(7)11(12)13/h3,11H,2,4-5,14H2,1H3,(H2,15,16). The van der Waals surface area contributed by atoms with E-state index in [4.69, 9.17) is 16.2 Å². The molecule has 0 saturated carbocycles. The maximum Gasteiger partial charge on any atom is 0.310 e. The van der Waals surface area contributed by atoms with Gasteiger partial charge in [0.15, 0.2) is 0 Å². The molecule has 18 heavy (non-hydrogen) atoms. The minimum absolute atomic E-state index is 0.000602. The van der Waals surface area contributed by atoms with Gasteiger partial charge in [-0.15, -0.1) is 0 Å². The number of carbonyl (C=O) groups is 1. The molecule has 1 aromatic heterocycles. The van der Waals surface area contributed by atoms with Crippen molar-refractivity contribution < 1.29 is 18.3 Å². The highest BCUT2D eigenvalue weighted by Gasteiger charge is 2.21. The van der Waals surface area contributed by atoms with Crippen LogP contribution < -0.4 is 11.5 Å². The molecule has 1 aromatic rings. The molecule has 0 unspecified atom stereocenters. The molecule has 0 spiro atoms. The highest BCUT2D eigenvalue weighted by atomic mass is 19.3. The predicted octanol–water partition coefficient (Wildman–Crippen LogP) is 1.17. The number of anilines is 1. The lowest BCUT2D eigenvalue weighted by Crippen LogP contribution is -2.14. The summed E-state index contributed by atoms with van der Waals surface area (Å²) in [6, 6.07) is 1.39. The van der Waals surface area contributed by atoms with E-state index >= 15 is 0 Å². The molecule has 100 valence electrons. The molecule has 5 nitrogen and oxygen atoms in total. The number of hydrogen-bond acceptors (Lipinski definition) is 5. The summed E-state index contributed by atoms with van der Waals surface area (Å²) in [5.41, 5.74) is 10.8. The Bertz CT molecular complexity index is 439. The summed E-state index contributed by atoms with van der Waals surface area (Å²) in [4.78, 5) is 15.0. The van der Waals surface area contributed by atoms with Crippen molar-refractivity contribution in [1.29, 1.82) is 0 Å². The van der Waals surface area contributed by atoms with Crippen molar-refractivity contribution in [2.75, 3.05) is 12.3 Å². The van der Waals surface area contributed by atoms with Gasteiger partial charge in [-0.2, -0.15) is 0 Å². The normalized spacial score (nSPS) is 10.7. The molecule has 1 heterocycles. The first kappa shape index (κ1) is 14.3. The van der Waals surface area contributed by atoms with Crippen molar-refractivity contribution in [3.63, 3.8) is 0 Å². The molecule has 0 atom stereocenters. The van der Waals surface area contributed by atoms with Gasteiger partial charge in [-0.05, 0) is 13.0 Å². The molecule has 0 amide bonds. The van der Waals surface area contributed by atoms with E-state index in [-0.39, 0.29) is 36.5 Å². The molecule has 7 heteroatoms. The van der Waals surface area contributed by atoms with Gasteiger partial charge in [-0.3, -0.25) is 9.78 Å². The van der Waals surface area contributed by atoms with Gasteiger partial charge in [0.1, 0.15) is 5.69 Å². The summed E-state index contributed by atoms with van der Waals surface area (Å²) < 4.78 is 30.4. The maximum atomic E-state index is 12.8. The number of esters is 1. The average Bonchev–Trinajstić information content (AvgIpc) is 2.31. The Labute approximate surface area is 103 Å². The summed E-state index contributed by atoms with van der Waals surface area (Å²) in [6.45, 7) is 1.81. The zero-order chi connectivity index (χ0) is 13.7. The van der Waals surface area contributed by atoms with E-state index in [1.807, 2.05) is 0 Å². The highest BCUT2D eigenvalue weighted by Crippen LogP contribution is 2.26. The summed E-state index contributed by atoms with van der Waals surface area (Å²) in [5.74, 6) is -0.617. The second kappa shape index (κ2) is 6.25. The molecule has 0 aromatic carbocycles. The van der Waals surface area contributed by atoms with Crippen LogP contribution in [0.1, 0.15) is 30.3 Å². The van der Waals surface area contributed by atoms with Gasteiger partial charge in [0.2, 0.25) is 0 Å². The lowest BCUT2D eigenvalue weighted by Gasteiger charge is -2.12. The van der Waals surface area contributed by atoms with Gasteiger partial charge < -0.3 is 16.2 Å². The molecule has 4 N–H and O–H groups in total. The zero-order valence-electron chi connectivity index (χ0n) is 9.95. The van der Waals surface area contributed by atoms with E-state index in [0.717, 1.165) is 0 Å². The number of aromatic nitrogens is 1. The number of nitrogens with zero attached hydrogens (tertiary/aromatic N) is 1. The minimum atomic E-state index is -2.82. The molecule has 0 bridgehead atoms. The van der Waals surface area contributed by atoms with Crippen LogP contribution in [0.3, 0.4) is 0 Å². The van der Waals surface area contributed by atoms with E-state index in [1.54, 1.807) is 6.92 Å². The Morgan fingerprint density at radius 3 is 2.72 bits per heavy atom. The second-order valence-electron chi connectivity index (χ2n) is 3.55. The zero-order valence-corrected chi connectivity index (χ0v) is 9.95. The Hall–Kier alpha value is -1.76. The molecular formula is C11H15F2N3O2. The van der Waals surface area contributed by atoms with E-state index in [0.29, 0.717) is 0 Å². The van der Waals surface area contributed by atoms with E-state index < -0.39 is 18.1 Å². The average molecular weight is 259 g/mol. The molecule has 0 fully saturated rings. The fourth-order valence-corrected chi connectivity index (χ4v) is 1.50. The molecule has 0 aliphatic carbocycles. The van der Waals surface area contributed by atoms with Crippen molar-refractivity contribution in [2.45, 2.75) is 26.3 Å². The van der Waals surface area contributed by atoms with Gasteiger partial charge in [-0.1, -0.05) is 0 Å². The third-order valence-corrected chi connectivity index (χ3v) is 2.29. The van der Waals surface area contributed by atoms with E-state index in [1.165, 1.54) is 6.07 Å². The van der Waals surface area contributed by atoms with Gasteiger partial charge in [0.25, 0.3) is 6.43 Å². The Kier molecular flexibility index (Phi) is 4.96. The number of pyridine rings is 1. The number of hydrogen-bond donors (Lipinski definition) is 2. The number of carbonyl (C=O) groups excluding carboxylic acids is 1. The number of rotatable bonds is 5. The number of nitrogen functional groups attached to an aromatic ring is 1. The summed E-state index contributed by atoms with van der Waals surface area (Å²) in [7, 11) is 0. The van der Waals surface area contributed by atoms with Crippen LogP contribution in [-0.2, 0) is 22.5 Å². The van der Waals surface area contributed by atoms with E-state index in [9.17, 15) is 13.6 Å². The van der Waals surface area contributed by atoms with E-state index in [2.05, 4.69) is 4.98 Å². The molecule has 0 radical (unpaired) electrons.